The Labute approximate surface area is 91.2 Å². The zero-order valence-electron chi connectivity index (χ0n) is 9.75. The second kappa shape index (κ2) is 5.61. The standard InChI is InChI=1S/C12H19NO2/c1-9(13)4-5-10-6-7-11(14-2)8-12(10)15-3/h6-9H,4-5,13H2,1-3H3/p+1/t9-/m0/s1. The molecule has 0 amide bonds. The van der Waals surface area contributed by atoms with Gasteiger partial charge in [0.2, 0.25) is 0 Å². The van der Waals surface area contributed by atoms with Crippen molar-refractivity contribution in [2.75, 3.05) is 14.2 Å². The molecule has 0 aliphatic rings. The lowest BCUT2D eigenvalue weighted by atomic mass is 10.1. The molecule has 3 nitrogen and oxygen atoms in total. The van der Waals surface area contributed by atoms with E-state index in [1.807, 2.05) is 12.1 Å². The summed E-state index contributed by atoms with van der Waals surface area (Å²) in [7, 11) is 3.35. The first-order valence-electron chi connectivity index (χ1n) is 5.21. The van der Waals surface area contributed by atoms with Crippen LogP contribution in [0.25, 0.3) is 0 Å². The average Bonchev–Trinajstić information content (AvgIpc) is 2.25. The van der Waals surface area contributed by atoms with Crippen LogP contribution in [0.3, 0.4) is 0 Å². The Morgan fingerprint density at radius 1 is 1.27 bits per heavy atom. The lowest BCUT2D eigenvalue weighted by molar-refractivity contribution is -0.415. The number of hydrogen-bond acceptors (Lipinski definition) is 2. The van der Waals surface area contributed by atoms with Gasteiger partial charge in [-0.05, 0) is 25.0 Å². The molecule has 0 aliphatic carbocycles. The van der Waals surface area contributed by atoms with E-state index in [2.05, 4.69) is 18.7 Å². The Bertz CT molecular complexity index is 310. The van der Waals surface area contributed by atoms with Gasteiger partial charge in [0.25, 0.3) is 0 Å². The maximum atomic E-state index is 5.32. The molecule has 1 aromatic rings. The van der Waals surface area contributed by atoms with Crippen molar-refractivity contribution in [3.05, 3.63) is 23.8 Å². The summed E-state index contributed by atoms with van der Waals surface area (Å²) in [4.78, 5) is 0. The molecule has 0 spiro atoms. The van der Waals surface area contributed by atoms with Crippen LogP contribution in [0.2, 0.25) is 0 Å². The minimum atomic E-state index is 0.469. The first kappa shape index (κ1) is 11.9. The summed E-state index contributed by atoms with van der Waals surface area (Å²) in [5, 5.41) is 0. The molecular weight excluding hydrogens is 190 g/mol. The van der Waals surface area contributed by atoms with Gasteiger partial charge in [0.05, 0.1) is 20.3 Å². The molecule has 0 unspecified atom stereocenters. The minimum absolute atomic E-state index is 0.469. The fourth-order valence-electron chi connectivity index (χ4n) is 1.46. The first-order chi connectivity index (χ1) is 7.17. The zero-order valence-corrected chi connectivity index (χ0v) is 9.75. The number of rotatable bonds is 5. The Morgan fingerprint density at radius 3 is 2.53 bits per heavy atom. The van der Waals surface area contributed by atoms with Gasteiger partial charge in [0, 0.05) is 12.5 Å². The predicted molar refractivity (Wildman–Crippen MR) is 60.2 cm³/mol. The van der Waals surface area contributed by atoms with Crippen molar-refractivity contribution in [1.29, 1.82) is 0 Å². The molecule has 0 aliphatic heterocycles. The van der Waals surface area contributed by atoms with Gasteiger partial charge in [0.15, 0.2) is 0 Å². The van der Waals surface area contributed by atoms with E-state index in [0.29, 0.717) is 6.04 Å². The molecule has 0 aromatic heterocycles. The topological polar surface area (TPSA) is 46.1 Å². The summed E-state index contributed by atoms with van der Waals surface area (Å²) in [5.74, 6) is 1.73. The molecule has 3 N–H and O–H groups in total. The zero-order chi connectivity index (χ0) is 11.3. The molecule has 0 fully saturated rings. The molecule has 0 bridgehead atoms. The van der Waals surface area contributed by atoms with E-state index in [1.54, 1.807) is 14.2 Å². The van der Waals surface area contributed by atoms with Crippen molar-refractivity contribution in [3.8, 4) is 11.5 Å². The largest absolute Gasteiger partial charge is 0.497 e. The summed E-state index contributed by atoms with van der Waals surface area (Å²) in [6.07, 6.45) is 2.07. The van der Waals surface area contributed by atoms with Crippen molar-refractivity contribution in [2.45, 2.75) is 25.8 Å². The van der Waals surface area contributed by atoms with Gasteiger partial charge in [-0.15, -0.1) is 0 Å². The van der Waals surface area contributed by atoms with Crippen LogP contribution in [0, 0.1) is 0 Å². The molecule has 0 saturated carbocycles. The van der Waals surface area contributed by atoms with Gasteiger partial charge in [-0.25, -0.2) is 0 Å². The molecule has 1 aromatic carbocycles. The van der Waals surface area contributed by atoms with Crippen LogP contribution in [0.4, 0.5) is 0 Å². The molecule has 3 heteroatoms. The van der Waals surface area contributed by atoms with Gasteiger partial charge in [-0.2, -0.15) is 0 Å². The van der Waals surface area contributed by atoms with Crippen LogP contribution < -0.4 is 15.2 Å². The SMILES string of the molecule is COc1ccc(CC[C@H](C)[NH3+])c(OC)c1. The number of ether oxygens (including phenoxy) is 2. The Balaban J connectivity index is 2.78. The summed E-state index contributed by atoms with van der Waals surface area (Å²) < 4.78 is 10.5. The van der Waals surface area contributed by atoms with E-state index in [9.17, 15) is 0 Å². The van der Waals surface area contributed by atoms with Gasteiger partial charge in [-0.1, -0.05) is 6.07 Å². The van der Waals surface area contributed by atoms with E-state index >= 15 is 0 Å². The Hall–Kier alpha value is -1.22. The number of methoxy groups -OCH3 is 2. The normalized spacial score (nSPS) is 12.3. The van der Waals surface area contributed by atoms with E-state index in [-0.39, 0.29) is 0 Å². The lowest BCUT2D eigenvalue weighted by Gasteiger charge is -2.10. The van der Waals surface area contributed by atoms with Crippen LogP contribution in [0.5, 0.6) is 11.5 Å². The summed E-state index contributed by atoms with van der Waals surface area (Å²) in [6.45, 7) is 2.12. The fourth-order valence-corrected chi connectivity index (χ4v) is 1.46. The molecule has 0 saturated heterocycles. The molecule has 84 valence electrons. The van der Waals surface area contributed by atoms with Crippen molar-refractivity contribution in [1.82, 2.24) is 0 Å². The minimum Gasteiger partial charge on any atom is -0.497 e. The van der Waals surface area contributed by atoms with Crippen molar-refractivity contribution in [3.63, 3.8) is 0 Å². The van der Waals surface area contributed by atoms with Gasteiger partial charge < -0.3 is 15.2 Å². The summed E-state index contributed by atoms with van der Waals surface area (Å²) >= 11 is 0. The third-order valence-corrected chi connectivity index (χ3v) is 2.40. The molecule has 0 heterocycles. The first-order valence-corrected chi connectivity index (χ1v) is 5.21. The molecule has 1 rings (SSSR count). The average molecular weight is 210 g/mol. The second-order valence-corrected chi connectivity index (χ2v) is 3.82. The van der Waals surface area contributed by atoms with Gasteiger partial charge in [-0.3, -0.25) is 0 Å². The van der Waals surface area contributed by atoms with E-state index in [4.69, 9.17) is 9.47 Å². The second-order valence-electron chi connectivity index (χ2n) is 3.82. The smallest absolute Gasteiger partial charge is 0.125 e. The number of aryl methyl sites for hydroxylation is 1. The Kier molecular flexibility index (Phi) is 4.43. The van der Waals surface area contributed by atoms with E-state index in [0.717, 1.165) is 24.3 Å². The van der Waals surface area contributed by atoms with E-state index in [1.165, 1.54) is 5.56 Å². The highest BCUT2D eigenvalue weighted by atomic mass is 16.5. The van der Waals surface area contributed by atoms with Crippen LogP contribution >= 0.6 is 0 Å². The third kappa shape index (κ3) is 3.44. The number of hydrogen-bond donors (Lipinski definition) is 1. The molecule has 15 heavy (non-hydrogen) atoms. The highest BCUT2D eigenvalue weighted by Gasteiger charge is 2.06. The van der Waals surface area contributed by atoms with Crippen LogP contribution in [-0.2, 0) is 6.42 Å². The van der Waals surface area contributed by atoms with Crippen molar-refractivity contribution in [2.24, 2.45) is 0 Å². The van der Waals surface area contributed by atoms with Gasteiger partial charge >= 0.3 is 0 Å². The highest BCUT2D eigenvalue weighted by molar-refractivity contribution is 5.40. The fraction of sp³-hybridized carbons (Fsp3) is 0.500. The number of quaternary nitrogens is 1. The summed E-state index contributed by atoms with van der Waals surface area (Å²) in [6, 6.07) is 6.41. The summed E-state index contributed by atoms with van der Waals surface area (Å²) in [5.41, 5.74) is 5.19. The quantitative estimate of drug-likeness (QED) is 0.795. The van der Waals surface area contributed by atoms with Crippen molar-refractivity contribution < 1.29 is 15.2 Å². The molecular formula is C12H20NO2+. The van der Waals surface area contributed by atoms with Crippen LogP contribution in [0.1, 0.15) is 18.9 Å². The Morgan fingerprint density at radius 2 is 2.00 bits per heavy atom. The maximum absolute atomic E-state index is 5.32. The monoisotopic (exact) mass is 210 g/mol. The molecule has 0 radical (unpaired) electrons. The van der Waals surface area contributed by atoms with Crippen LogP contribution in [0.15, 0.2) is 18.2 Å². The highest BCUT2D eigenvalue weighted by Crippen LogP contribution is 2.25. The third-order valence-electron chi connectivity index (χ3n) is 2.40. The van der Waals surface area contributed by atoms with Crippen molar-refractivity contribution >= 4 is 0 Å². The predicted octanol–water partition coefficient (Wildman–Crippen LogP) is 1.27. The number of benzene rings is 1. The van der Waals surface area contributed by atoms with Crippen LogP contribution in [-0.4, -0.2) is 20.3 Å². The molecule has 1 atom stereocenters. The van der Waals surface area contributed by atoms with E-state index < -0.39 is 0 Å². The van der Waals surface area contributed by atoms with Gasteiger partial charge in [0.1, 0.15) is 11.5 Å². The maximum Gasteiger partial charge on any atom is 0.125 e. The lowest BCUT2D eigenvalue weighted by Crippen LogP contribution is -2.59.